The highest BCUT2D eigenvalue weighted by atomic mass is 32.1. The zero-order chi connectivity index (χ0) is 13.6. The number of carbonyl (C=O) groups is 2. The Bertz CT molecular complexity index is 278. The van der Waals surface area contributed by atoms with E-state index in [1.807, 2.05) is 0 Å². The molecule has 0 rings (SSSR count). The maximum Gasteiger partial charge on any atom is 0.243 e. The van der Waals surface area contributed by atoms with Gasteiger partial charge in [0.15, 0.2) is 0 Å². The third kappa shape index (κ3) is 5.96. The monoisotopic (exact) mass is 260 g/mol. The maximum absolute atomic E-state index is 11.8. The van der Waals surface area contributed by atoms with Crippen molar-refractivity contribution >= 4 is 24.4 Å². The standard InChI is InChI=1S/C12H24N2O2S/c1-8(2)12(4,5)7-13-11(16)10(6-17)14-9(3)15/h8,10,17H,6-7H2,1-5H3,(H,13,16)(H,14,15). The molecule has 0 spiro atoms. The van der Waals surface area contributed by atoms with Gasteiger partial charge in [0.1, 0.15) is 6.04 Å². The first kappa shape index (κ1) is 16.3. The number of amides is 2. The Balaban J connectivity index is 4.29. The molecule has 0 saturated carbocycles. The minimum Gasteiger partial charge on any atom is -0.354 e. The van der Waals surface area contributed by atoms with Gasteiger partial charge in [-0.05, 0) is 11.3 Å². The van der Waals surface area contributed by atoms with Crippen LogP contribution in [0.5, 0.6) is 0 Å². The SMILES string of the molecule is CC(=O)NC(CS)C(=O)NCC(C)(C)C(C)C. The van der Waals surface area contributed by atoms with Crippen molar-refractivity contribution in [2.24, 2.45) is 11.3 Å². The van der Waals surface area contributed by atoms with Gasteiger partial charge in [-0.2, -0.15) is 12.6 Å². The lowest BCUT2D eigenvalue weighted by Gasteiger charge is -2.30. The highest BCUT2D eigenvalue weighted by Crippen LogP contribution is 2.24. The number of hydrogen-bond donors (Lipinski definition) is 3. The Morgan fingerprint density at radius 2 is 1.82 bits per heavy atom. The molecule has 2 N–H and O–H groups in total. The van der Waals surface area contributed by atoms with Crippen molar-refractivity contribution in [3.63, 3.8) is 0 Å². The molecule has 1 atom stereocenters. The van der Waals surface area contributed by atoms with E-state index in [4.69, 9.17) is 0 Å². The fourth-order valence-electron chi connectivity index (χ4n) is 1.08. The van der Waals surface area contributed by atoms with E-state index >= 15 is 0 Å². The average Bonchev–Trinajstić information content (AvgIpc) is 2.22. The molecule has 0 aliphatic carbocycles. The van der Waals surface area contributed by atoms with Crippen LogP contribution in [0.25, 0.3) is 0 Å². The van der Waals surface area contributed by atoms with Gasteiger partial charge in [-0.3, -0.25) is 9.59 Å². The number of carbonyl (C=O) groups excluding carboxylic acids is 2. The van der Waals surface area contributed by atoms with Crippen LogP contribution >= 0.6 is 12.6 Å². The molecule has 5 heteroatoms. The van der Waals surface area contributed by atoms with Gasteiger partial charge in [0.05, 0.1) is 0 Å². The van der Waals surface area contributed by atoms with Crippen LogP contribution in [-0.4, -0.2) is 30.2 Å². The van der Waals surface area contributed by atoms with Crippen LogP contribution in [0.2, 0.25) is 0 Å². The smallest absolute Gasteiger partial charge is 0.243 e. The van der Waals surface area contributed by atoms with Crippen LogP contribution in [0.4, 0.5) is 0 Å². The number of hydrogen-bond acceptors (Lipinski definition) is 3. The van der Waals surface area contributed by atoms with Gasteiger partial charge in [0, 0.05) is 19.2 Å². The van der Waals surface area contributed by atoms with Crippen molar-refractivity contribution in [1.29, 1.82) is 0 Å². The Kier molecular flexibility index (Phi) is 6.60. The van der Waals surface area contributed by atoms with Crippen molar-refractivity contribution in [2.75, 3.05) is 12.3 Å². The minimum absolute atomic E-state index is 0.0348. The molecule has 0 aliphatic heterocycles. The van der Waals surface area contributed by atoms with Crippen LogP contribution in [0, 0.1) is 11.3 Å². The summed E-state index contributed by atoms with van der Waals surface area (Å²) < 4.78 is 0. The molecule has 0 radical (unpaired) electrons. The third-order valence-corrected chi connectivity index (χ3v) is 3.52. The van der Waals surface area contributed by atoms with Crippen LogP contribution in [0.3, 0.4) is 0 Å². The molecule has 1 unspecified atom stereocenters. The normalized spacial score (nSPS) is 13.4. The second kappa shape index (κ2) is 6.89. The minimum atomic E-state index is -0.557. The van der Waals surface area contributed by atoms with E-state index in [1.165, 1.54) is 6.92 Å². The molecule has 0 bridgehead atoms. The zero-order valence-electron chi connectivity index (χ0n) is 11.3. The molecule has 0 aromatic heterocycles. The first-order chi connectivity index (χ1) is 7.70. The molecular weight excluding hydrogens is 236 g/mol. The molecule has 17 heavy (non-hydrogen) atoms. The van der Waals surface area contributed by atoms with Gasteiger partial charge in [-0.15, -0.1) is 0 Å². The molecule has 4 nitrogen and oxygen atoms in total. The summed E-state index contributed by atoms with van der Waals surface area (Å²) in [5.41, 5.74) is 0.0348. The van der Waals surface area contributed by atoms with Crippen LogP contribution in [0.1, 0.15) is 34.6 Å². The van der Waals surface area contributed by atoms with Crippen molar-refractivity contribution in [3.8, 4) is 0 Å². The molecule has 0 aromatic carbocycles. The van der Waals surface area contributed by atoms with E-state index in [0.29, 0.717) is 18.2 Å². The van der Waals surface area contributed by atoms with Gasteiger partial charge in [0.25, 0.3) is 0 Å². The van der Waals surface area contributed by atoms with Crippen molar-refractivity contribution in [1.82, 2.24) is 10.6 Å². The molecule has 0 saturated heterocycles. The van der Waals surface area contributed by atoms with E-state index in [9.17, 15) is 9.59 Å². The molecule has 0 aromatic rings. The van der Waals surface area contributed by atoms with Gasteiger partial charge in [0.2, 0.25) is 11.8 Å². The summed E-state index contributed by atoms with van der Waals surface area (Å²) in [4.78, 5) is 22.7. The molecule has 2 amide bonds. The van der Waals surface area contributed by atoms with Gasteiger partial charge < -0.3 is 10.6 Å². The lowest BCUT2D eigenvalue weighted by Crippen LogP contribution is -2.49. The first-order valence-electron chi connectivity index (χ1n) is 5.86. The summed E-state index contributed by atoms with van der Waals surface area (Å²) in [7, 11) is 0. The number of nitrogens with one attached hydrogen (secondary N) is 2. The molecule has 0 aliphatic rings. The quantitative estimate of drug-likeness (QED) is 0.629. The van der Waals surface area contributed by atoms with Crippen molar-refractivity contribution in [2.45, 2.75) is 40.7 Å². The van der Waals surface area contributed by atoms with Gasteiger partial charge in [-0.1, -0.05) is 27.7 Å². The Hall–Kier alpha value is -0.710. The summed E-state index contributed by atoms with van der Waals surface area (Å²) in [6.07, 6.45) is 0. The van der Waals surface area contributed by atoms with E-state index in [0.717, 1.165) is 0 Å². The lowest BCUT2D eigenvalue weighted by atomic mass is 9.81. The molecule has 0 fully saturated rings. The third-order valence-electron chi connectivity index (χ3n) is 3.16. The van der Waals surface area contributed by atoms with Crippen LogP contribution in [0.15, 0.2) is 0 Å². The summed E-state index contributed by atoms with van der Waals surface area (Å²) in [6.45, 7) is 10.4. The Labute approximate surface area is 109 Å². The number of thiol groups is 1. The van der Waals surface area contributed by atoms with E-state index in [2.05, 4.69) is 51.0 Å². The molecule has 100 valence electrons. The Morgan fingerprint density at radius 1 is 1.29 bits per heavy atom. The van der Waals surface area contributed by atoms with Crippen molar-refractivity contribution in [3.05, 3.63) is 0 Å². The number of rotatable bonds is 6. The lowest BCUT2D eigenvalue weighted by molar-refractivity contribution is -0.127. The molecular formula is C12H24N2O2S. The summed E-state index contributed by atoms with van der Waals surface area (Å²) in [5, 5.41) is 5.43. The Morgan fingerprint density at radius 3 is 2.18 bits per heavy atom. The van der Waals surface area contributed by atoms with E-state index < -0.39 is 6.04 Å². The van der Waals surface area contributed by atoms with Crippen LogP contribution < -0.4 is 10.6 Å². The highest BCUT2D eigenvalue weighted by molar-refractivity contribution is 7.80. The zero-order valence-corrected chi connectivity index (χ0v) is 12.2. The fourth-order valence-corrected chi connectivity index (χ4v) is 1.34. The first-order valence-corrected chi connectivity index (χ1v) is 6.49. The second-order valence-corrected chi connectivity index (χ2v) is 5.66. The molecule has 0 heterocycles. The second-order valence-electron chi connectivity index (χ2n) is 5.30. The summed E-state index contributed by atoms with van der Waals surface area (Å²) >= 11 is 4.06. The maximum atomic E-state index is 11.8. The van der Waals surface area contributed by atoms with Crippen molar-refractivity contribution < 1.29 is 9.59 Å². The fraction of sp³-hybridized carbons (Fsp3) is 0.833. The summed E-state index contributed by atoms with van der Waals surface area (Å²) in [5.74, 6) is 0.373. The predicted molar refractivity (Wildman–Crippen MR) is 73.1 cm³/mol. The van der Waals surface area contributed by atoms with E-state index in [-0.39, 0.29) is 17.2 Å². The largest absolute Gasteiger partial charge is 0.354 e. The summed E-state index contributed by atoms with van der Waals surface area (Å²) in [6, 6.07) is -0.557. The van der Waals surface area contributed by atoms with Crippen LogP contribution in [-0.2, 0) is 9.59 Å². The average molecular weight is 260 g/mol. The van der Waals surface area contributed by atoms with Gasteiger partial charge in [-0.25, -0.2) is 0 Å². The predicted octanol–water partition coefficient (Wildman–Crippen LogP) is 1.22. The topological polar surface area (TPSA) is 58.2 Å². The van der Waals surface area contributed by atoms with E-state index in [1.54, 1.807) is 0 Å². The highest BCUT2D eigenvalue weighted by Gasteiger charge is 2.25. The van der Waals surface area contributed by atoms with Gasteiger partial charge >= 0.3 is 0 Å².